The molecule has 1 aromatic heterocycles. The van der Waals surface area contributed by atoms with Crippen LogP contribution in [0, 0.1) is 0 Å². The van der Waals surface area contributed by atoms with Crippen molar-refractivity contribution < 1.29 is 0 Å². The summed E-state index contributed by atoms with van der Waals surface area (Å²) in [4.78, 5) is 4.47. The predicted molar refractivity (Wildman–Crippen MR) is 70.8 cm³/mol. The topological polar surface area (TPSA) is 37.8 Å². The number of nitrogens with one attached hydrogen (secondary N) is 1. The normalized spacial score (nSPS) is 14.9. The summed E-state index contributed by atoms with van der Waals surface area (Å²) in [6, 6.07) is 8.45. The Balaban J connectivity index is 1.69. The van der Waals surface area contributed by atoms with Gasteiger partial charge in [-0.1, -0.05) is 23.7 Å². The van der Waals surface area contributed by atoms with Gasteiger partial charge in [0.2, 0.25) is 5.13 Å². The van der Waals surface area contributed by atoms with E-state index in [4.69, 9.17) is 11.6 Å². The van der Waals surface area contributed by atoms with Gasteiger partial charge in [0.25, 0.3) is 0 Å². The highest BCUT2D eigenvalue weighted by Crippen LogP contribution is 2.25. The van der Waals surface area contributed by atoms with E-state index in [-0.39, 0.29) is 0 Å². The maximum absolute atomic E-state index is 5.94. The fourth-order valence-electron chi connectivity index (χ4n) is 1.62. The lowest BCUT2D eigenvalue weighted by Gasteiger charge is -1.98. The first kappa shape index (κ1) is 11.0. The molecule has 5 heteroatoms. The highest BCUT2D eigenvalue weighted by Gasteiger charge is 2.22. The summed E-state index contributed by atoms with van der Waals surface area (Å²) >= 11 is 7.38. The van der Waals surface area contributed by atoms with Crippen LogP contribution in [-0.4, -0.2) is 15.4 Å². The van der Waals surface area contributed by atoms with Crippen molar-refractivity contribution in [3.8, 4) is 0 Å². The molecular weight excluding hydrogens is 254 g/mol. The molecule has 0 aliphatic heterocycles. The Morgan fingerprint density at radius 1 is 1.41 bits per heavy atom. The number of nitrogens with zero attached hydrogens (tertiary/aromatic N) is 2. The summed E-state index contributed by atoms with van der Waals surface area (Å²) in [6.07, 6.45) is 3.25. The zero-order chi connectivity index (χ0) is 11.7. The average Bonchev–Trinajstić information content (AvgIpc) is 2.99. The van der Waals surface area contributed by atoms with Gasteiger partial charge in [-0.15, -0.1) is 0 Å². The molecule has 17 heavy (non-hydrogen) atoms. The van der Waals surface area contributed by atoms with Gasteiger partial charge in [0.05, 0.1) is 0 Å². The maximum Gasteiger partial charge on any atom is 0.202 e. The molecule has 3 rings (SSSR count). The van der Waals surface area contributed by atoms with E-state index in [9.17, 15) is 0 Å². The van der Waals surface area contributed by atoms with Crippen LogP contribution in [0.15, 0.2) is 24.3 Å². The van der Waals surface area contributed by atoms with Crippen LogP contribution in [0.25, 0.3) is 0 Å². The zero-order valence-electron chi connectivity index (χ0n) is 9.19. The van der Waals surface area contributed by atoms with Gasteiger partial charge in [0.15, 0.2) is 0 Å². The van der Waals surface area contributed by atoms with Gasteiger partial charge < -0.3 is 5.32 Å². The van der Waals surface area contributed by atoms with Crippen LogP contribution < -0.4 is 5.32 Å². The lowest BCUT2D eigenvalue weighted by Crippen LogP contribution is -2.00. The Hall–Kier alpha value is -1.13. The Morgan fingerprint density at radius 3 is 3.06 bits per heavy atom. The van der Waals surface area contributed by atoms with E-state index in [0.717, 1.165) is 28.0 Å². The number of rotatable bonds is 4. The van der Waals surface area contributed by atoms with Crippen LogP contribution in [0.5, 0.6) is 0 Å². The molecule has 0 spiro atoms. The van der Waals surface area contributed by atoms with Crippen molar-refractivity contribution in [2.45, 2.75) is 25.3 Å². The van der Waals surface area contributed by atoms with Crippen LogP contribution in [0.3, 0.4) is 0 Å². The molecule has 2 aromatic rings. The molecule has 1 N–H and O–H groups in total. The predicted octanol–water partition coefficient (Wildman–Crippen LogP) is 3.36. The quantitative estimate of drug-likeness (QED) is 0.921. The Kier molecular flexibility index (Phi) is 2.99. The lowest BCUT2D eigenvalue weighted by atomic mass is 10.1. The lowest BCUT2D eigenvalue weighted by molar-refractivity contribution is 1.03. The number of anilines is 1. The zero-order valence-corrected chi connectivity index (χ0v) is 10.8. The molecule has 1 aliphatic rings. The van der Waals surface area contributed by atoms with Gasteiger partial charge in [0, 0.05) is 29.0 Å². The van der Waals surface area contributed by atoms with E-state index in [1.165, 1.54) is 24.4 Å². The number of benzene rings is 1. The van der Waals surface area contributed by atoms with E-state index < -0.39 is 0 Å². The molecule has 88 valence electrons. The smallest absolute Gasteiger partial charge is 0.202 e. The van der Waals surface area contributed by atoms with Gasteiger partial charge in [-0.25, -0.2) is 4.98 Å². The van der Waals surface area contributed by atoms with Gasteiger partial charge in [-0.05, 0) is 30.5 Å². The molecule has 1 saturated carbocycles. The molecule has 0 unspecified atom stereocenters. The van der Waals surface area contributed by atoms with Crippen molar-refractivity contribution in [1.82, 2.24) is 9.36 Å². The molecule has 0 radical (unpaired) electrons. The molecule has 3 nitrogen and oxygen atoms in total. The van der Waals surface area contributed by atoms with E-state index >= 15 is 0 Å². The van der Waals surface area contributed by atoms with Crippen molar-refractivity contribution in [3.05, 3.63) is 40.7 Å². The fraction of sp³-hybridized carbons (Fsp3) is 0.333. The second kappa shape index (κ2) is 4.63. The number of aromatic nitrogens is 2. The third-order valence-electron chi connectivity index (χ3n) is 2.62. The van der Waals surface area contributed by atoms with Crippen molar-refractivity contribution in [2.24, 2.45) is 0 Å². The summed E-state index contributed by atoms with van der Waals surface area (Å²) in [6.45, 7) is 0. The van der Waals surface area contributed by atoms with E-state index in [2.05, 4.69) is 14.7 Å². The fourth-order valence-corrected chi connectivity index (χ4v) is 2.49. The molecule has 0 atom stereocenters. The second-order valence-corrected chi connectivity index (χ2v) is 5.43. The summed E-state index contributed by atoms with van der Waals surface area (Å²) in [5.74, 6) is 0.861. The monoisotopic (exact) mass is 265 g/mol. The molecule has 1 aliphatic carbocycles. The molecule has 1 heterocycles. The van der Waals surface area contributed by atoms with Gasteiger partial charge in [-0.3, -0.25) is 0 Å². The van der Waals surface area contributed by atoms with E-state index in [1.54, 1.807) is 0 Å². The highest BCUT2D eigenvalue weighted by molar-refractivity contribution is 7.09. The third kappa shape index (κ3) is 2.96. The van der Waals surface area contributed by atoms with Crippen LogP contribution in [-0.2, 0) is 6.42 Å². The molecular formula is C12H12ClN3S. The van der Waals surface area contributed by atoms with Crippen molar-refractivity contribution in [3.63, 3.8) is 0 Å². The summed E-state index contributed by atoms with van der Waals surface area (Å²) in [5.41, 5.74) is 1.15. The standard InChI is InChI=1S/C12H12ClN3S/c13-9-3-1-2-8(6-9)7-11-15-12(17-16-11)14-10-4-5-10/h1-3,6,10H,4-5,7H2,(H,14,15,16). The maximum atomic E-state index is 5.94. The second-order valence-electron chi connectivity index (χ2n) is 4.24. The largest absolute Gasteiger partial charge is 0.358 e. The van der Waals surface area contributed by atoms with Crippen molar-refractivity contribution in [2.75, 3.05) is 5.32 Å². The molecule has 1 fully saturated rings. The minimum atomic E-state index is 0.627. The van der Waals surface area contributed by atoms with Gasteiger partial charge in [-0.2, -0.15) is 4.37 Å². The van der Waals surface area contributed by atoms with Gasteiger partial charge >= 0.3 is 0 Å². The summed E-state index contributed by atoms with van der Waals surface area (Å²) in [7, 11) is 0. The van der Waals surface area contributed by atoms with Gasteiger partial charge in [0.1, 0.15) is 5.82 Å². The van der Waals surface area contributed by atoms with Crippen molar-refractivity contribution >= 4 is 28.3 Å². The van der Waals surface area contributed by atoms with E-state index in [0.29, 0.717) is 6.04 Å². The molecule has 1 aromatic carbocycles. The molecule has 0 bridgehead atoms. The number of halogens is 1. The Bertz CT molecular complexity index is 522. The summed E-state index contributed by atoms with van der Waals surface area (Å²) < 4.78 is 4.35. The number of hydrogen-bond acceptors (Lipinski definition) is 4. The SMILES string of the molecule is Clc1cccc(Cc2nsc(NC3CC3)n2)c1. The van der Waals surface area contributed by atoms with E-state index in [1.807, 2.05) is 24.3 Å². The number of hydrogen-bond donors (Lipinski definition) is 1. The van der Waals surface area contributed by atoms with Crippen LogP contribution in [0.1, 0.15) is 24.2 Å². The highest BCUT2D eigenvalue weighted by atomic mass is 35.5. The minimum absolute atomic E-state index is 0.627. The minimum Gasteiger partial charge on any atom is -0.358 e. The van der Waals surface area contributed by atoms with Crippen LogP contribution in [0.4, 0.5) is 5.13 Å². The van der Waals surface area contributed by atoms with Crippen LogP contribution >= 0.6 is 23.1 Å². The first-order chi connectivity index (χ1) is 8.29. The average molecular weight is 266 g/mol. The first-order valence-corrected chi connectivity index (χ1v) is 6.78. The Labute approximate surface area is 109 Å². The van der Waals surface area contributed by atoms with Crippen molar-refractivity contribution in [1.29, 1.82) is 0 Å². The Morgan fingerprint density at radius 2 is 2.29 bits per heavy atom. The molecule has 0 amide bonds. The van der Waals surface area contributed by atoms with Crippen LogP contribution in [0.2, 0.25) is 5.02 Å². The molecule has 0 saturated heterocycles. The first-order valence-electron chi connectivity index (χ1n) is 5.63. The third-order valence-corrected chi connectivity index (χ3v) is 3.54. The summed E-state index contributed by atoms with van der Waals surface area (Å²) in [5, 5.41) is 5.05.